The van der Waals surface area contributed by atoms with E-state index in [1.54, 1.807) is 0 Å². The first-order valence-electron chi connectivity index (χ1n) is 7.51. The van der Waals surface area contributed by atoms with Crippen LogP contribution in [0.25, 0.3) is 0 Å². The Morgan fingerprint density at radius 1 is 1.35 bits per heavy atom. The summed E-state index contributed by atoms with van der Waals surface area (Å²) in [6.07, 6.45) is 3.36. The molecule has 1 aliphatic carbocycles. The molecule has 1 amide bonds. The van der Waals surface area contributed by atoms with Crippen molar-refractivity contribution in [2.45, 2.75) is 46.0 Å². The predicted octanol–water partition coefficient (Wildman–Crippen LogP) is 2.38. The number of likely N-dealkylation sites (tertiary alicyclic amines) is 1. The Morgan fingerprint density at radius 3 is 2.60 bits per heavy atom. The lowest BCUT2D eigenvalue weighted by Crippen LogP contribution is -2.31. The molecule has 1 unspecified atom stereocenters. The number of aromatic nitrogens is 2. The molecule has 2 aliphatic rings. The van der Waals surface area contributed by atoms with Gasteiger partial charge in [0.25, 0.3) is 5.91 Å². The van der Waals surface area contributed by atoms with Gasteiger partial charge in [-0.1, -0.05) is 20.8 Å². The second-order valence-electron chi connectivity index (χ2n) is 7.28. The van der Waals surface area contributed by atoms with Crippen molar-refractivity contribution in [3.63, 3.8) is 0 Å². The number of anilines is 1. The summed E-state index contributed by atoms with van der Waals surface area (Å²) in [7, 11) is 0. The van der Waals surface area contributed by atoms with E-state index in [4.69, 9.17) is 5.73 Å². The lowest BCUT2D eigenvalue weighted by atomic mass is 9.80. The van der Waals surface area contributed by atoms with Gasteiger partial charge < -0.3 is 10.6 Å². The zero-order valence-electron chi connectivity index (χ0n) is 12.6. The Labute approximate surface area is 119 Å². The molecular weight excluding hydrogens is 252 g/mol. The summed E-state index contributed by atoms with van der Waals surface area (Å²) in [5, 5.41) is 7.13. The summed E-state index contributed by atoms with van der Waals surface area (Å²) in [4.78, 5) is 14.5. The molecule has 1 aromatic heterocycles. The van der Waals surface area contributed by atoms with Crippen LogP contribution in [-0.4, -0.2) is 34.1 Å². The van der Waals surface area contributed by atoms with Gasteiger partial charge in [-0.3, -0.25) is 9.89 Å². The number of rotatable bonds is 2. The van der Waals surface area contributed by atoms with Gasteiger partial charge in [0, 0.05) is 19.0 Å². The van der Waals surface area contributed by atoms with Crippen LogP contribution in [0.15, 0.2) is 0 Å². The monoisotopic (exact) mass is 276 g/mol. The molecule has 2 heterocycles. The molecule has 0 radical (unpaired) electrons. The fourth-order valence-electron chi connectivity index (χ4n) is 3.01. The van der Waals surface area contributed by atoms with E-state index in [2.05, 4.69) is 31.0 Å². The zero-order valence-corrected chi connectivity index (χ0v) is 12.6. The molecule has 0 spiro atoms. The quantitative estimate of drug-likeness (QED) is 0.870. The lowest BCUT2D eigenvalue weighted by molar-refractivity contribution is 0.0772. The molecule has 1 saturated carbocycles. The molecule has 5 heteroatoms. The van der Waals surface area contributed by atoms with Gasteiger partial charge in [-0.25, -0.2) is 0 Å². The molecule has 20 heavy (non-hydrogen) atoms. The van der Waals surface area contributed by atoms with Crippen LogP contribution in [-0.2, 0) is 0 Å². The van der Waals surface area contributed by atoms with Gasteiger partial charge in [-0.2, -0.15) is 5.10 Å². The van der Waals surface area contributed by atoms with E-state index >= 15 is 0 Å². The van der Waals surface area contributed by atoms with Crippen LogP contribution in [0.3, 0.4) is 0 Å². The molecule has 1 saturated heterocycles. The molecule has 2 fully saturated rings. The van der Waals surface area contributed by atoms with Crippen LogP contribution in [0.5, 0.6) is 0 Å². The van der Waals surface area contributed by atoms with Crippen LogP contribution in [0.4, 0.5) is 5.69 Å². The van der Waals surface area contributed by atoms with E-state index in [-0.39, 0.29) is 11.3 Å². The summed E-state index contributed by atoms with van der Waals surface area (Å²) < 4.78 is 0. The Bertz CT molecular complexity index is 524. The second-order valence-corrected chi connectivity index (χ2v) is 7.28. The van der Waals surface area contributed by atoms with Crippen molar-refractivity contribution in [3.05, 3.63) is 11.4 Å². The SMILES string of the molecule is CC(C)(C)C1CCN(C(=O)c2n[nH]c(C3CC3)c2N)C1. The van der Waals surface area contributed by atoms with Crippen LogP contribution < -0.4 is 5.73 Å². The highest BCUT2D eigenvalue weighted by Crippen LogP contribution is 2.42. The van der Waals surface area contributed by atoms with Crippen LogP contribution in [0, 0.1) is 11.3 Å². The molecule has 110 valence electrons. The van der Waals surface area contributed by atoms with Crippen molar-refractivity contribution >= 4 is 11.6 Å². The molecule has 3 N–H and O–H groups in total. The smallest absolute Gasteiger partial charge is 0.276 e. The topological polar surface area (TPSA) is 75.0 Å². The molecule has 5 nitrogen and oxygen atoms in total. The Morgan fingerprint density at radius 2 is 2.05 bits per heavy atom. The summed E-state index contributed by atoms with van der Waals surface area (Å²) in [6.45, 7) is 8.33. The van der Waals surface area contributed by atoms with Gasteiger partial charge in [0.05, 0.1) is 11.4 Å². The number of amides is 1. The average molecular weight is 276 g/mol. The van der Waals surface area contributed by atoms with E-state index in [1.165, 1.54) is 0 Å². The van der Waals surface area contributed by atoms with Crippen molar-refractivity contribution in [3.8, 4) is 0 Å². The number of aromatic amines is 1. The largest absolute Gasteiger partial charge is 0.395 e. The first-order chi connectivity index (χ1) is 9.38. The van der Waals surface area contributed by atoms with E-state index in [9.17, 15) is 4.79 Å². The number of nitrogens with two attached hydrogens (primary N) is 1. The third-order valence-electron chi connectivity index (χ3n) is 4.72. The molecule has 1 aromatic rings. The van der Waals surface area contributed by atoms with Crippen molar-refractivity contribution < 1.29 is 4.79 Å². The molecule has 1 aliphatic heterocycles. The highest BCUT2D eigenvalue weighted by atomic mass is 16.2. The fraction of sp³-hybridized carbons (Fsp3) is 0.733. The number of carbonyl (C=O) groups excluding carboxylic acids is 1. The van der Waals surface area contributed by atoms with Gasteiger partial charge in [-0.05, 0) is 30.6 Å². The maximum absolute atomic E-state index is 12.6. The molecular formula is C15H24N4O. The van der Waals surface area contributed by atoms with Gasteiger partial charge >= 0.3 is 0 Å². The minimum Gasteiger partial charge on any atom is -0.395 e. The van der Waals surface area contributed by atoms with Gasteiger partial charge in [0.15, 0.2) is 5.69 Å². The molecule has 0 aromatic carbocycles. The molecule has 1 atom stereocenters. The van der Waals surface area contributed by atoms with Crippen LogP contribution in [0.1, 0.15) is 62.1 Å². The Hall–Kier alpha value is -1.52. The number of hydrogen-bond donors (Lipinski definition) is 2. The zero-order chi connectivity index (χ0) is 14.5. The number of nitrogens with zero attached hydrogens (tertiary/aromatic N) is 2. The summed E-state index contributed by atoms with van der Waals surface area (Å²) in [5.41, 5.74) is 8.28. The lowest BCUT2D eigenvalue weighted by Gasteiger charge is -2.26. The van der Waals surface area contributed by atoms with E-state index in [1.807, 2.05) is 4.90 Å². The van der Waals surface area contributed by atoms with E-state index in [0.717, 1.165) is 38.0 Å². The summed E-state index contributed by atoms with van der Waals surface area (Å²) in [6, 6.07) is 0. The van der Waals surface area contributed by atoms with Crippen LogP contribution in [0.2, 0.25) is 0 Å². The minimum absolute atomic E-state index is 0.0163. The van der Waals surface area contributed by atoms with Gasteiger partial charge in [0.1, 0.15) is 0 Å². The minimum atomic E-state index is -0.0163. The maximum atomic E-state index is 12.6. The van der Waals surface area contributed by atoms with Gasteiger partial charge in [0.2, 0.25) is 0 Å². The predicted molar refractivity (Wildman–Crippen MR) is 78.4 cm³/mol. The number of H-pyrrole nitrogens is 1. The molecule has 0 bridgehead atoms. The normalized spacial score (nSPS) is 23.4. The highest BCUT2D eigenvalue weighted by molar-refractivity contribution is 5.98. The van der Waals surface area contributed by atoms with E-state index in [0.29, 0.717) is 23.2 Å². The van der Waals surface area contributed by atoms with Crippen molar-refractivity contribution in [1.29, 1.82) is 0 Å². The third-order valence-corrected chi connectivity index (χ3v) is 4.72. The summed E-state index contributed by atoms with van der Waals surface area (Å²) in [5.74, 6) is 1.02. The Balaban J connectivity index is 1.74. The number of hydrogen-bond acceptors (Lipinski definition) is 3. The van der Waals surface area contributed by atoms with Crippen molar-refractivity contribution in [2.24, 2.45) is 11.3 Å². The standard InChI is InChI=1S/C15H24N4O/c1-15(2,3)10-6-7-19(8-10)14(20)13-11(16)12(17-18-13)9-4-5-9/h9-10H,4-8,16H2,1-3H3,(H,17,18). The first kappa shape index (κ1) is 13.5. The fourth-order valence-corrected chi connectivity index (χ4v) is 3.01. The Kier molecular flexibility index (Phi) is 3.03. The van der Waals surface area contributed by atoms with E-state index < -0.39 is 0 Å². The van der Waals surface area contributed by atoms with Gasteiger partial charge in [-0.15, -0.1) is 0 Å². The highest BCUT2D eigenvalue weighted by Gasteiger charge is 2.36. The summed E-state index contributed by atoms with van der Waals surface area (Å²) >= 11 is 0. The average Bonchev–Trinajstić information content (AvgIpc) is 2.94. The van der Waals surface area contributed by atoms with Crippen LogP contribution >= 0.6 is 0 Å². The number of nitrogen functional groups attached to an aromatic ring is 1. The number of nitrogens with one attached hydrogen (secondary N) is 1. The maximum Gasteiger partial charge on any atom is 0.276 e. The van der Waals surface area contributed by atoms with Crippen molar-refractivity contribution in [2.75, 3.05) is 18.8 Å². The first-order valence-corrected chi connectivity index (χ1v) is 7.51. The van der Waals surface area contributed by atoms with Crippen molar-refractivity contribution in [1.82, 2.24) is 15.1 Å². The molecule has 3 rings (SSSR count). The second kappa shape index (κ2) is 4.50. The number of carbonyl (C=O) groups is 1. The third kappa shape index (κ3) is 2.30.